The number of rotatable bonds is 8. The highest BCUT2D eigenvalue weighted by Gasteiger charge is 2.19. The van der Waals surface area contributed by atoms with E-state index in [1.54, 1.807) is 12.4 Å². The van der Waals surface area contributed by atoms with E-state index in [9.17, 15) is 0 Å². The predicted octanol–water partition coefficient (Wildman–Crippen LogP) is 18.8. The van der Waals surface area contributed by atoms with Gasteiger partial charge < -0.3 is 0 Å². The Labute approximate surface area is 528 Å². The third-order valence-electron chi connectivity index (χ3n) is 16.4. The lowest BCUT2D eigenvalue weighted by Gasteiger charge is -2.09. The smallest absolute Gasteiger partial charge is 0.201 e. The van der Waals surface area contributed by atoms with Crippen LogP contribution in [0.2, 0.25) is 0 Å². The summed E-state index contributed by atoms with van der Waals surface area (Å²) in [7, 11) is 8.02. The molecule has 0 aliphatic rings. The van der Waals surface area contributed by atoms with Gasteiger partial charge in [0.1, 0.15) is 28.2 Å². The molecule has 0 atom stereocenters. The van der Waals surface area contributed by atoms with Crippen molar-refractivity contribution in [2.24, 2.45) is 28.2 Å². The van der Waals surface area contributed by atoms with Crippen LogP contribution in [0.4, 0.5) is 0 Å². The summed E-state index contributed by atoms with van der Waals surface area (Å²) in [4.78, 5) is 0. The average Bonchev–Trinajstić information content (AvgIpc) is 0.851. The van der Waals surface area contributed by atoms with Crippen molar-refractivity contribution >= 4 is 0 Å². The number of nitrogens with zero attached hydrogens (tertiary/aromatic N) is 4. The predicted molar refractivity (Wildman–Crippen MR) is 366 cm³/mol. The van der Waals surface area contributed by atoms with Gasteiger partial charge in [0.25, 0.3) is 0 Å². The van der Waals surface area contributed by atoms with Crippen molar-refractivity contribution in [1.29, 1.82) is 0 Å². The third kappa shape index (κ3) is 15.1. The van der Waals surface area contributed by atoms with Gasteiger partial charge in [0.15, 0.2) is 24.8 Å². The molecule has 87 heavy (non-hydrogen) atoms. The second-order valence-electron chi connectivity index (χ2n) is 23.2. The van der Waals surface area contributed by atoms with Crippen LogP contribution in [0, 0.1) is 76.0 Å². The minimum atomic E-state index is -2.09. The van der Waals surface area contributed by atoms with Crippen molar-refractivity contribution < 1.29 is 26.5 Å². The highest BCUT2D eigenvalue weighted by molar-refractivity contribution is 5.75. The molecule has 4 nitrogen and oxygen atoms in total. The maximum atomic E-state index is 7.67. The molecular formula is C83H86N4+4. The second-order valence-corrected chi connectivity index (χ2v) is 23.2. The van der Waals surface area contributed by atoms with Crippen LogP contribution in [0.5, 0.6) is 0 Å². The van der Waals surface area contributed by atoms with Gasteiger partial charge in [-0.3, -0.25) is 0 Å². The molecule has 0 N–H and O–H groups in total. The van der Waals surface area contributed by atoms with Crippen LogP contribution in [0.25, 0.3) is 89.5 Å². The Morgan fingerprint density at radius 3 is 0.759 bits per heavy atom. The van der Waals surface area contributed by atoms with Gasteiger partial charge in [-0.15, -0.1) is 0 Å². The normalized spacial score (nSPS) is 12.0. The van der Waals surface area contributed by atoms with E-state index in [-0.39, 0.29) is 0 Å². The lowest BCUT2D eigenvalue weighted by atomic mass is 9.97. The maximum absolute atomic E-state index is 7.67. The number of aromatic nitrogens is 4. The van der Waals surface area contributed by atoms with Gasteiger partial charge in [0.05, 0.1) is 0 Å². The molecule has 4 aromatic heterocycles. The third-order valence-corrected chi connectivity index (χ3v) is 16.4. The molecule has 12 rings (SSSR count). The van der Waals surface area contributed by atoms with Gasteiger partial charge in [-0.2, -0.15) is 0 Å². The van der Waals surface area contributed by atoms with Crippen molar-refractivity contribution in [3.05, 3.63) is 310 Å². The first-order valence-corrected chi connectivity index (χ1v) is 29.9. The molecule has 0 radical (unpaired) electrons. The zero-order valence-electron chi connectivity index (χ0n) is 59.0. The lowest BCUT2D eigenvalue weighted by Crippen LogP contribution is -2.31. The molecule has 0 spiro atoms. The summed E-state index contributed by atoms with van der Waals surface area (Å²) in [6.07, 6.45) is 7.82. The van der Waals surface area contributed by atoms with Gasteiger partial charge in [-0.25, -0.2) is 18.3 Å². The van der Waals surface area contributed by atoms with E-state index in [0.29, 0.717) is 11.1 Å². The second kappa shape index (κ2) is 28.0. The van der Waals surface area contributed by atoms with Gasteiger partial charge in [0, 0.05) is 77.0 Å². The van der Waals surface area contributed by atoms with Gasteiger partial charge in [0.2, 0.25) is 22.8 Å². The number of hydrogen-bond acceptors (Lipinski definition) is 0. The van der Waals surface area contributed by atoms with Crippen molar-refractivity contribution in [1.82, 2.24) is 0 Å². The largest absolute Gasteiger partial charge is 0.212 e. The summed E-state index contributed by atoms with van der Waals surface area (Å²) < 4.78 is 54.2. The molecule has 0 saturated heterocycles. The Morgan fingerprint density at radius 2 is 0.483 bits per heavy atom. The first kappa shape index (κ1) is 54.0. The molecule has 8 aromatic carbocycles. The molecule has 0 fully saturated rings. The van der Waals surface area contributed by atoms with Gasteiger partial charge in [-0.1, -0.05) is 170 Å². The molecule has 0 aliphatic carbocycles. The summed E-state index contributed by atoms with van der Waals surface area (Å²) in [6.45, 7) is 14.5. The Hall–Kier alpha value is -9.64. The molecule has 0 aliphatic heterocycles. The summed E-state index contributed by atoms with van der Waals surface area (Å²) in [5.41, 5.74) is 30.4. The van der Waals surface area contributed by atoms with E-state index in [4.69, 9.17) is 8.22 Å². The zero-order chi connectivity index (χ0) is 66.9. The quantitative estimate of drug-likeness (QED) is 0.135. The zero-order valence-corrected chi connectivity index (χ0v) is 53.0. The monoisotopic (exact) mass is 1140 g/mol. The summed E-state index contributed by atoms with van der Waals surface area (Å²) in [5, 5.41) is 0. The standard InChI is InChI=1S/3C21H22N.C20H20N/c3*1-15-13-21(22(4)14-17(15)3)20-11-10-19(12-16(20)2)18-8-6-5-7-9-18;1-15-9-12-20(21(3)14-15)19-11-10-18(13-16(19)2)17-7-5-4-6-8-17/h3*5-14H,1-4H3;4-14H,1-3H3/q4*+1/i2*3D3;;. The fraction of sp³-hybridized carbons (Fsp3) is 0.181. The Bertz CT molecular complexity index is 4440. The SMILES string of the molecule is Cc1cc(-c2ccc(-c3ccccc3)cc2C)[n+](C)cc1C.Cc1ccc(-c2ccc(-c3ccccc3)cc2C)[n+](C)c1.[2H]C([2H])([2H])c1c[n+](C)c(-c2ccc(-c3ccccc3)cc2C)cc1C.[2H]C([2H])([2H])c1c[n+](C)c(-c2ccc(-c3ccccc3)cc2C)cc1C. The van der Waals surface area contributed by atoms with Crippen molar-refractivity contribution in [2.45, 2.75) is 76.0 Å². The molecule has 434 valence electrons. The average molecular weight is 1150 g/mol. The Morgan fingerprint density at radius 1 is 0.218 bits per heavy atom. The number of aryl methyl sites for hydroxylation is 15. The van der Waals surface area contributed by atoms with Crippen LogP contribution >= 0.6 is 0 Å². The van der Waals surface area contributed by atoms with Crippen LogP contribution in [0.1, 0.15) is 69.4 Å². The molecule has 0 bridgehead atoms. The Kier molecular flexibility index (Phi) is 17.4. The van der Waals surface area contributed by atoms with E-state index >= 15 is 0 Å². The molecule has 0 saturated carbocycles. The maximum Gasteiger partial charge on any atom is 0.212 e. The molecule has 0 unspecified atom stereocenters. The molecular weight excluding hydrogens is 1050 g/mol. The van der Waals surface area contributed by atoms with E-state index in [0.717, 1.165) is 44.8 Å². The molecule has 4 heteroatoms. The highest BCUT2D eigenvalue weighted by atomic mass is 14.9. The molecule has 12 aromatic rings. The minimum Gasteiger partial charge on any atom is -0.201 e. The van der Waals surface area contributed by atoms with Crippen molar-refractivity contribution in [2.75, 3.05) is 0 Å². The first-order valence-electron chi connectivity index (χ1n) is 32.9. The minimum absolute atomic E-state index is 0.400. The summed E-state index contributed by atoms with van der Waals surface area (Å²) in [6, 6.07) is 78.5. The van der Waals surface area contributed by atoms with Gasteiger partial charge in [-0.05, 0) is 190 Å². The summed E-state index contributed by atoms with van der Waals surface area (Å²) in [5.74, 6) is 0. The lowest BCUT2D eigenvalue weighted by molar-refractivity contribution is -0.660. The topological polar surface area (TPSA) is 15.5 Å². The van der Waals surface area contributed by atoms with E-state index in [2.05, 4.69) is 260 Å². The number of benzene rings is 8. The fourth-order valence-electron chi connectivity index (χ4n) is 11.3. The highest BCUT2D eigenvalue weighted by Crippen LogP contribution is 2.32. The van der Waals surface area contributed by atoms with E-state index in [1.165, 1.54) is 94.8 Å². The van der Waals surface area contributed by atoms with E-state index in [1.807, 2.05) is 85.6 Å². The fourth-order valence-corrected chi connectivity index (χ4v) is 11.3. The van der Waals surface area contributed by atoms with Crippen molar-refractivity contribution in [3.8, 4) is 89.5 Å². The van der Waals surface area contributed by atoms with Crippen LogP contribution in [0.3, 0.4) is 0 Å². The summed E-state index contributed by atoms with van der Waals surface area (Å²) >= 11 is 0. The van der Waals surface area contributed by atoms with Crippen LogP contribution < -0.4 is 18.3 Å². The first-order chi connectivity index (χ1) is 44.2. The number of hydrogen-bond donors (Lipinski definition) is 0. The van der Waals surface area contributed by atoms with Crippen LogP contribution in [-0.4, -0.2) is 0 Å². The molecule has 4 heterocycles. The van der Waals surface area contributed by atoms with E-state index < -0.39 is 13.7 Å². The van der Waals surface area contributed by atoms with Crippen LogP contribution in [0.15, 0.2) is 249 Å². The number of pyridine rings is 4. The Balaban J connectivity index is 0.000000147. The molecule has 0 amide bonds. The van der Waals surface area contributed by atoms with Crippen LogP contribution in [-0.2, 0) is 28.2 Å². The van der Waals surface area contributed by atoms with Crippen molar-refractivity contribution in [3.63, 3.8) is 0 Å². The van der Waals surface area contributed by atoms with Gasteiger partial charge >= 0.3 is 0 Å².